The van der Waals surface area contributed by atoms with Gasteiger partial charge in [0.2, 0.25) is 0 Å². The van der Waals surface area contributed by atoms with Crippen molar-refractivity contribution in [1.29, 1.82) is 0 Å². The summed E-state index contributed by atoms with van der Waals surface area (Å²) in [5, 5.41) is 0.100. The molecule has 2 aromatic rings. The molecule has 0 radical (unpaired) electrons. The van der Waals surface area contributed by atoms with Crippen LogP contribution in [0.15, 0.2) is 42.5 Å². The van der Waals surface area contributed by atoms with E-state index in [0.717, 1.165) is 5.56 Å². The normalized spacial score (nSPS) is 10.2. The van der Waals surface area contributed by atoms with Crippen molar-refractivity contribution in [3.8, 4) is 5.75 Å². The van der Waals surface area contributed by atoms with Crippen LogP contribution in [0.3, 0.4) is 0 Å². The van der Waals surface area contributed by atoms with Crippen LogP contribution in [0.5, 0.6) is 5.75 Å². The van der Waals surface area contributed by atoms with Crippen LogP contribution in [-0.4, -0.2) is 0 Å². The van der Waals surface area contributed by atoms with Crippen LogP contribution >= 0.6 is 11.6 Å². The van der Waals surface area contributed by atoms with Crippen LogP contribution in [-0.2, 0) is 6.61 Å². The van der Waals surface area contributed by atoms with Crippen LogP contribution in [0.2, 0.25) is 5.02 Å². The second-order valence-corrected chi connectivity index (χ2v) is 4.01. The third kappa shape index (κ3) is 3.11. The lowest BCUT2D eigenvalue weighted by molar-refractivity contribution is 0.306. The number of hydrogen-bond acceptors (Lipinski definition) is 2. The van der Waals surface area contributed by atoms with E-state index in [1.54, 1.807) is 36.4 Å². The van der Waals surface area contributed by atoms with E-state index < -0.39 is 5.82 Å². The number of rotatable bonds is 3. The molecule has 0 aliphatic carbocycles. The maximum Gasteiger partial charge on any atom is 0.141 e. The molecule has 0 atom stereocenters. The summed E-state index contributed by atoms with van der Waals surface area (Å²) in [5.41, 5.74) is 7.05. The Morgan fingerprint density at radius 3 is 2.47 bits per heavy atom. The van der Waals surface area contributed by atoms with Crippen LogP contribution in [0.4, 0.5) is 10.1 Å². The highest BCUT2D eigenvalue weighted by atomic mass is 35.5. The zero-order valence-corrected chi connectivity index (χ0v) is 9.75. The molecule has 0 spiro atoms. The Morgan fingerprint density at radius 1 is 1.12 bits per heavy atom. The lowest BCUT2D eigenvalue weighted by atomic mass is 10.2. The van der Waals surface area contributed by atoms with Gasteiger partial charge in [0.25, 0.3) is 0 Å². The minimum absolute atomic E-state index is 0.100. The molecule has 4 heteroatoms. The number of nitrogens with two attached hydrogens (primary N) is 1. The van der Waals surface area contributed by atoms with Crippen LogP contribution in [0.25, 0.3) is 0 Å². The zero-order chi connectivity index (χ0) is 12.3. The van der Waals surface area contributed by atoms with Crippen molar-refractivity contribution in [2.24, 2.45) is 0 Å². The average molecular weight is 252 g/mol. The molecule has 0 amide bonds. The maximum atomic E-state index is 12.9. The lowest BCUT2D eigenvalue weighted by Gasteiger charge is -2.07. The summed E-state index contributed by atoms with van der Waals surface area (Å²) in [6.07, 6.45) is 0. The molecule has 0 aliphatic rings. The fourth-order valence-electron chi connectivity index (χ4n) is 1.36. The van der Waals surface area contributed by atoms with E-state index in [1.165, 1.54) is 6.07 Å². The van der Waals surface area contributed by atoms with Gasteiger partial charge in [0, 0.05) is 5.69 Å². The van der Waals surface area contributed by atoms with Gasteiger partial charge in [-0.2, -0.15) is 0 Å². The number of benzene rings is 2. The molecule has 0 unspecified atom stereocenters. The maximum absolute atomic E-state index is 12.9. The van der Waals surface area contributed by atoms with Crippen molar-refractivity contribution in [2.45, 2.75) is 6.61 Å². The van der Waals surface area contributed by atoms with Crippen LogP contribution < -0.4 is 10.5 Å². The van der Waals surface area contributed by atoms with Gasteiger partial charge < -0.3 is 10.5 Å². The van der Waals surface area contributed by atoms with E-state index in [1.807, 2.05) is 0 Å². The molecule has 0 aromatic heterocycles. The van der Waals surface area contributed by atoms with Crippen molar-refractivity contribution in [3.63, 3.8) is 0 Å². The molecule has 0 saturated heterocycles. The third-order valence-corrected chi connectivity index (χ3v) is 2.56. The molecule has 88 valence electrons. The number of ether oxygens (including phenoxy) is 1. The van der Waals surface area contributed by atoms with Crippen molar-refractivity contribution in [1.82, 2.24) is 0 Å². The Labute approximate surface area is 104 Å². The summed E-state index contributed by atoms with van der Waals surface area (Å²) in [7, 11) is 0. The van der Waals surface area contributed by atoms with Crippen molar-refractivity contribution in [2.75, 3.05) is 5.73 Å². The average Bonchev–Trinajstić information content (AvgIpc) is 2.33. The van der Waals surface area contributed by atoms with Crippen LogP contribution in [0, 0.1) is 5.82 Å². The molecule has 0 fully saturated rings. The largest absolute Gasteiger partial charge is 0.489 e. The van der Waals surface area contributed by atoms with Crippen LogP contribution in [0.1, 0.15) is 5.56 Å². The Hall–Kier alpha value is -1.74. The summed E-state index contributed by atoms with van der Waals surface area (Å²) in [6.45, 7) is 0.337. The molecular weight excluding hydrogens is 241 g/mol. The number of anilines is 1. The number of hydrogen-bond donors (Lipinski definition) is 1. The fraction of sp³-hybridized carbons (Fsp3) is 0.0769. The summed E-state index contributed by atoms with van der Waals surface area (Å²) in [5.74, 6) is 0.280. The van der Waals surface area contributed by atoms with E-state index in [-0.39, 0.29) is 5.02 Å². The van der Waals surface area contributed by atoms with Gasteiger partial charge in [-0.05, 0) is 42.0 Å². The van der Waals surface area contributed by atoms with Gasteiger partial charge >= 0.3 is 0 Å². The first-order chi connectivity index (χ1) is 8.15. The minimum Gasteiger partial charge on any atom is -0.489 e. The van der Waals surface area contributed by atoms with Crippen molar-refractivity contribution >= 4 is 17.3 Å². The Bertz CT molecular complexity index is 513. The summed E-state index contributed by atoms with van der Waals surface area (Å²) in [6, 6.07) is 11.6. The fourth-order valence-corrected chi connectivity index (χ4v) is 1.56. The SMILES string of the molecule is Nc1ccc(OCc2ccc(F)c(Cl)c2)cc1. The van der Waals surface area contributed by atoms with E-state index >= 15 is 0 Å². The Kier molecular flexibility index (Phi) is 3.49. The number of halogens is 2. The van der Waals surface area contributed by atoms with E-state index in [0.29, 0.717) is 18.0 Å². The summed E-state index contributed by atoms with van der Waals surface area (Å²) < 4.78 is 18.4. The quantitative estimate of drug-likeness (QED) is 0.846. The molecule has 0 saturated carbocycles. The Balaban J connectivity index is 2.02. The second-order valence-electron chi connectivity index (χ2n) is 3.61. The molecule has 0 heterocycles. The van der Waals surface area contributed by atoms with Gasteiger partial charge in [-0.1, -0.05) is 17.7 Å². The molecule has 17 heavy (non-hydrogen) atoms. The highest BCUT2D eigenvalue weighted by Crippen LogP contribution is 2.18. The first-order valence-electron chi connectivity index (χ1n) is 5.07. The summed E-state index contributed by atoms with van der Waals surface area (Å²) in [4.78, 5) is 0. The molecule has 2 rings (SSSR count). The minimum atomic E-state index is -0.428. The third-order valence-electron chi connectivity index (χ3n) is 2.27. The van der Waals surface area contributed by atoms with Gasteiger partial charge in [0.05, 0.1) is 5.02 Å². The zero-order valence-electron chi connectivity index (χ0n) is 8.99. The van der Waals surface area contributed by atoms with Crippen molar-refractivity contribution in [3.05, 3.63) is 58.9 Å². The van der Waals surface area contributed by atoms with Gasteiger partial charge in [0.15, 0.2) is 0 Å². The predicted octanol–water partition coefficient (Wildman–Crippen LogP) is 3.64. The first-order valence-corrected chi connectivity index (χ1v) is 5.45. The summed E-state index contributed by atoms with van der Waals surface area (Å²) >= 11 is 5.67. The lowest BCUT2D eigenvalue weighted by Crippen LogP contribution is -1.96. The second kappa shape index (κ2) is 5.06. The highest BCUT2D eigenvalue weighted by Gasteiger charge is 2.01. The molecular formula is C13H11ClFNO. The van der Waals surface area contributed by atoms with Gasteiger partial charge in [0.1, 0.15) is 18.2 Å². The van der Waals surface area contributed by atoms with E-state index in [4.69, 9.17) is 22.1 Å². The van der Waals surface area contributed by atoms with Gasteiger partial charge in [-0.25, -0.2) is 4.39 Å². The Morgan fingerprint density at radius 2 is 1.82 bits per heavy atom. The van der Waals surface area contributed by atoms with Gasteiger partial charge in [-0.15, -0.1) is 0 Å². The smallest absolute Gasteiger partial charge is 0.141 e. The van der Waals surface area contributed by atoms with Gasteiger partial charge in [-0.3, -0.25) is 0 Å². The molecule has 2 N–H and O–H groups in total. The standard InChI is InChI=1S/C13H11ClFNO/c14-12-7-9(1-6-13(12)15)8-17-11-4-2-10(16)3-5-11/h1-7H,8,16H2. The molecule has 2 aromatic carbocycles. The molecule has 0 bridgehead atoms. The molecule has 2 nitrogen and oxygen atoms in total. The topological polar surface area (TPSA) is 35.2 Å². The predicted molar refractivity (Wildman–Crippen MR) is 66.6 cm³/mol. The monoisotopic (exact) mass is 251 g/mol. The first kappa shape index (κ1) is 11.7. The highest BCUT2D eigenvalue weighted by molar-refractivity contribution is 6.30. The van der Waals surface area contributed by atoms with E-state index in [2.05, 4.69) is 0 Å². The van der Waals surface area contributed by atoms with Crippen molar-refractivity contribution < 1.29 is 9.13 Å². The van der Waals surface area contributed by atoms with E-state index in [9.17, 15) is 4.39 Å². The number of nitrogen functional groups attached to an aromatic ring is 1. The molecule has 0 aliphatic heterocycles.